The summed E-state index contributed by atoms with van der Waals surface area (Å²) < 4.78 is 6.63. The summed E-state index contributed by atoms with van der Waals surface area (Å²) in [4.78, 5) is 27.0. The Balaban J connectivity index is 1.43. The van der Waals surface area contributed by atoms with Crippen LogP contribution < -0.4 is 4.90 Å². The largest absolute Gasteiger partial charge is 0.451 e. The molecule has 1 aliphatic heterocycles. The number of carbonyl (C=O) groups is 1. The molecule has 0 radical (unpaired) electrons. The lowest BCUT2D eigenvalue weighted by molar-refractivity contribution is -0.384. The molecule has 0 saturated carbocycles. The SMILES string of the molecule is O=C(c1cc2cc(Br)ccc2o1)N1CCN(c2ccc([N+](=O)[O-])cc2)CC1. The third-order valence-electron chi connectivity index (χ3n) is 4.68. The van der Waals surface area contributed by atoms with Gasteiger partial charge in [0.15, 0.2) is 5.76 Å². The summed E-state index contributed by atoms with van der Waals surface area (Å²) in [5, 5.41) is 11.6. The topological polar surface area (TPSA) is 79.8 Å². The fourth-order valence-electron chi connectivity index (χ4n) is 3.23. The van der Waals surface area contributed by atoms with Crippen LogP contribution in [-0.2, 0) is 0 Å². The van der Waals surface area contributed by atoms with Crippen LogP contribution in [-0.4, -0.2) is 41.9 Å². The molecule has 0 aliphatic carbocycles. The summed E-state index contributed by atoms with van der Waals surface area (Å²) >= 11 is 3.42. The number of halogens is 1. The van der Waals surface area contributed by atoms with Gasteiger partial charge in [0.2, 0.25) is 0 Å². The van der Waals surface area contributed by atoms with E-state index in [0.717, 1.165) is 15.5 Å². The van der Waals surface area contributed by atoms with E-state index in [1.54, 1.807) is 23.1 Å². The number of rotatable bonds is 3. The van der Waals surface area contributed by atoms with E-state index in [4.69, 9.17) is 4.42 Å². The lowest BCUT2D eigenvalue weighted by Gasteiger charge is -2.35. The molecule has 1 fully saturated rings. The van der Waals surface area contributed by atoms with Crippen LogP contribution in [0.25, 0.3) is 11.0 Å². The van der Waals surface area contributed by atoms with Crippen LogP contribution in [0.3, 0.4) is 0 Å². The molecular formula is C19H16BrN3O4. The van der Waals surface area contributed by atoms with Gasteiger partial charge in [-0.3, -0.25) is 14.9 Å². The van der Waals surface area contributed by atoms with Gasteiger partial charge in [-0.15, -0.1) is 0 Å². The van der Waals surface area contributed by atoms with Crippen LogP contribution in [0.4, 0.5) is 11.4 Å². The Labute approximate surface area is 163 Å². The van der Waals surface area contributed by atoms with Gasteiger partial charge in [-0.2, -0.15) is 0 Å². The first-order valence-electron chi connectivity index (χ1n) is 8.49. The molecule has 4 rings (SSSR count). The number of fused-ring (bicyclic) bond motifs is 1. The second-order valence-corrected chi connectivity index (χ2v) is 7.26. The van der Waals surface area contributed by atoms with Gasteiger partial charge in [-0.25, -0.2) is 0 Å². The average Bonchev–Trinajstić information content (AvgIpc) is 3.11. The number of anilines is 1. The molecule has 8 heteroatoms. The van der Waals surface area contributed by atoms with Crippen molar-refractivity contribution in [1.82, 2.24) is 4.90 Å². The van der Waals surface area contributed by atoms with Crippen LogP contribution in [0.1, 0.15) is 10.6 Å². The first kappa shape index (κ1) is 17.5. The summed E-state index contributed by atoms with van der Waals surface area (Å²) in [6.45, 7) is 2.46. The summed E-state index contributed by atoms with van der Waals surface area (Å²) in [6, 6.07) is 13.9. The van der Waals surface area contributed by atoms with Crippen molar-refractivity contribution in [3.05, 3.63) is 68.9 Å². The van der Waals surface area contributed by atoms with Crippen molar-refractivity contribution in [2.75, 3.05) is 31.1 Å². The van der Waals surface area contributed by atoms with Crippen molar-refractivity contribution >= 4 is 44.2 Å². The highest BCUT2D eigenvalue weighted by molar-refractivity contribution is 9.10. The number of non-ortho nitro benzene ring substituents is 1. The molecule has 138 valence electrons. The molecule has 1 saturated heterocycles. The summed E-state index contributed by atoms with van der Waals surface area (Å²) in [7, 11) is 0. The number of nitrogens with zero attached hydrogens (tertiary/aromatic N) is 3. The van der Waals surface area contributed by atoms with E-state index in [0.29, 0.717) is 37.5 Å². The number of furan rings is 1. The summed E-state index contributed by atoms with van der Waals surface area (Å²) in [6.07, 6.45) is 0. The van der Waals surface area contributed by atoms with E-state index in [1.165, 1.54) is 12.1 Å². The normalized spacial score (nSPS) is 14.6. The van der Waals surface area contributed by atoms with E-state index in [1.807, 2.05) is 18.2 Å². The van der Waals surface area contributed by atoms with Crippen molar-refractivity contribution in [3.8, 4) is 0 Å². The summed E-state index contributed by atoms with van der Waals surface area (Å²) in [5.74, 6) is 0.220. The van der Waals surface area contributed by atoms with Gasteiger partial charge in [0.05, 0.1) is 4.92 Å². The van der Waals surface area contributed by atoms with Gasteiger partial charge in [0.25, 0.3) is 11.6 Å². The standard InChI is InChI=1S/C19H16BrN3O4/c20-14-1-6-17-13(11-14)12-18(27-17)19(24)22-9-7-21(8-10-22)15-2-4-16(5-3-15)23(25)26/h1-6,11-12H,7-10H2. The van der Waals surface area contributed by atoms with Crippen molar-refractivity contribution in [2.45, 2.75) is 0 Å². The van der Waals surface area contributed by atoms with Gasteiger partial charge in [0.1, 0.15) is 5.58 Å². The van der Waals surface area contributed by atoms with Gasteiger partial charge >= 0.3 is 0 Å². The number of hydrogen-bond acceptors (Lipinski definition) is 5. The Morgan fingerprint density at radius 1 is 1.04 bits per heavy atom. The van der Waals surface area contributed by atoms with Gasteiger partial charge in [0, 0.05) is 53.9 Å². The number of hydrogen-bond donors (Lipinski definition) is 0. The quantitative estimate of drug-likeness (QED) is 0.463. The van der Waals surface area contributed by atoms with Gasteiger partial charge < -0.3 is 14.2 Å². The second-order valence-electron chi connectivity index (χ2n) is 6.35. The minimum atomic E-state index is -0.410. The molecule has 0 bridgehead atoms. The maximum absolute atomic E-state index is 12.7. The fraction of sp³-hybridized carbons (Fsp3) is 0.211. The minimum Gasteiger partial charge on any atom is -0.451 e. The number of benzene rings is 2. The van der Waals surface area contributed by atoms with Crippen molar-refractivity contribution < 1.29 is 14.1 Å². The molecule has 27 heavy (non-hydrogen) atoms. The van der Waals surface area contributed by atoms with Gasteiger partial charge in [-0.1, -0.05) is 15.9 Å². The first-order valence-corrected chi connectivity index (χ1v) is 9.28. The fourth-order valence-corrected chi connectivity index (χ4v) is 3.61. The van der Waals surface area contributed by atoms with Crippen LogP contribution in [0.2, 0.25) is 0 Å². The molecule has 1 aromatic heterocycles. The number of nitro groups is 1. The number of amides is 1. The van der Waals surface area contributed by atoms with Crippen molar-refractivity contribution in [3.63, 3.8) is 0 Å². The molecule has 0 N–H and O–H groups in total. The molecule has 3 aromatic rings. The smallest absolute Gasteiger partial charge is 0.289 e. The lowest BCUT2D eigenvalue weighted by Crippen LogP contribution is -2.48. The van der Waals surface area contributed by atoms with E-state index >= 15 is 0 Å². The highest BCUT2D eigenvalue weighted by atomic mass is 79.9. The zero-order chi connectivity index (χ0) is 19.0. The van der Waals surface area contributed by atoms with Crippen LogP contribution in [0.15, 0.2) is 57.4 Å². The third-order valence-corrected chi connectivity index (χ3v) is 5.17. The molecular weight excluding hydrogens is 414 g/mol. The number of nitro benzene ring substituents is 1. The number of piperazine rings is 1. The van der Waals surface area contributed by atoms with Crippen molar-refractivity contribution in [2.24, 2.45) is 0 Å². The first-order chi connectivity index (χ1) is 13.0. The molecule has 1 aliphatic rings. The molecule has 2 heterocycles. The lowest BCUT2D eigenvalue weighted by atomic mass is 10.2. The molecule has 0 spiro atoms. The van der Waals surface area contributed by atoms with Crippen LogP contribution in [0, 0.1) is 10.1 Å². The maximum Gasteiger partial charge on any atom is 0.289 e. The molecule has 7 nitrogen and oxygen atoms in total. The molecule has 0 unspecified atom stereocenters. The van der Waals surface area contributed by atoms with Crippen molar-refractivity contribution in [1.29, 1.82) is 0 Å². The van der Waals surface area contributed by atoms with E-state index in [-0.39, 0.29) is 11.6 Å². The Hall–Kier alpha value is -2.87. The van der Waals surface area contributed by atoms with Gasteiger partial charge in [-0.05, 0) is 36.4 Å². The minimum absolute atomic E-state index is 0.0732. The molecule has 2 aromatic carbocycles. The van der Waals surface area contributed by atoms with E-state index in [2.05, 4.69) is 20.8 Å². The Morgan fingerprint density at radius 3 is 2.41 bits per heavy atom. The molecule has 0 atom stereocenters. The molecule has 1 amide bonds. The number of carbonyl (C=O) groups excluding carboxylic acids is 1. The van der Waals surface area contributed by atoms with Crippen LogP contribution in [0.5, 0.6) is 0 Å². The van der Waals surface area contributed by atoms with E-state index in [9.17, 15) is 14.9 Å². The van der Waals surface area contributed by atoms with Crippen LogP contribution >= 0.6 is 15.9 Å². The monoisotopic (exact) mass is 429 g/mol. The highest BCUT2D eigenvalue weighted by Gasteiger charge is 2.25. The zero-order valence-electron chi connectivity index (χ0n) is 14.3. The predicted octanol–water partition coefficient (Wildman–Crippen LogP) is 4.07. The Kier molecular flexibility index (Phi) is 4.57. The highest BCUT2D eigenvalue weighted by Crippen LogP contribution is 2.25. The second kappa shape index (κ2) is 7.03. The van der Waals surface area contributed by atoms with E-state index < -0.39 is 4.92 Å². The summed E-state index contributed by atoms with van der Waals surface area (Å²) in [5.41, 5.74) is 1.68. The Morgan fingerprint density at radius 2 is 1.74 bits per heavy atom. The maximum atomic E-state index is 12.7. The average molecular weight is 430 g/mol. The Bertz CT molecular complexity index is 1010. The zero-order valence-corrected chi connectivity index (χ0v) is 15.9. The third kappa shape index (κ3) is 3.52. The predicted molar refractivity (Wildman–Crippen MR) is 105 cm³/mol.